The van der Waals surface area contributed by atoms with Crippen molar-refractivity contribution in [3.8, 4) is 0 Å². The van der Waals surface area contributed by atoms with Gasteiger partial charge in [-0.25, -0.2) is 0 Å². The molecule has 0 amide bonds. The lowest BCUT2D eigenvalue weighted by Gasteiger charge is -2.36. The van der Waals surface area contributed by atoms with E-state index in [2.05, 4.69) is 0 Å². The minimum atomic E-state index is -4.34. The largest absolute Gasteiger partial charge is 0.512 e. The van der Waals surface area contributed by atoms with Gasteiger partial charge in [0.1, 0.15) is 0 Å². The molecule has 0 unspecified atom stereocenters. The van der Waals surface area contributed by atoms with Gasteiger partial charge in [0.25, 0.3) is 0 Å². The molecule has 120 valence electrons. The minimum absolute atomic E-state index is 0.121. The lowest BCUT2D eigenvalue weighted by atomic mass is 9.87. The van der Waals surface area contributed by atoms with Gasteiger partial charge in [-0.05, 0) is 44.2 Å². The number of allylic oxidation sites excluding steroid dienone is 2. The summed E-state index contributed by atoms with van der Waals surface area (Å²) >= 11 is 0. The molecule has 5 N–H and O–H groups in total. The van der Waals surface area contributed by atoms with E-state index in [1.165, 1.54) is 0 Å². The molecule has 0 aromatic carbocycles. The summed E-state index contributed by atoms with van der Waals surface area (Å²) in [5, 5.41) is 9.07. The molecule has 0 saturated heterocycles. The number of nitrogens with two attached hydrogens (primary N) is 1. The summed E-state index contributed by atoms with van der Waals surface area (Å²) in [6.45, 7) is 6.01. The van der Waals surface area contributed by atoms with Gasteiger partial charge in [0.05, 0.1) is 10.9 Å². The molecule has 0 radical (unpaired) electrons. The van der Waals surface area contributed by atoms with E-state index < -0.39 is 12.8 Å². The molecular weight excluding hydrogens is 277 g/mol. The van der Waals surface area contributed by atoms with Crippen LogP contribution in [0, 0.1) is 0 Å². The lowest BCUT2D eigenvalue weighted by Crippen LogP contribution is -2.31. The van der Waals surface area contributed by atoms with Crippen LogP contribution in [0.25, 0.3) is 0 Å². The zero-order valence-electron chi connectivity index (χ0n) is 12.9. The SMILES string of the molecule is CCCCC(=C(O)CCCN)C(CC)(CC)P(=O)(O)O. The van der Waals surface area contributed by atoms with Crippen molar-refractivity contribution >= 4 is 7.60 Å². The van der Waals surface area contributed by atoms with E-state index in [0.717, 1.165) is 12.8 Å². The van der Waals surface area contributed by atoms with Crippen LogP contribution < -0.4 is 5.73 Å². The Morgan fingerprint density at radius 1 is 1.10 bits per heavy atom. The van der Waals surface area contributed by atoms with Crippen molar-refractivity contribution in [1.29, 1.82) is 0 Å². The molecule has 0 atom stereocenters. The van der Waals surface area contributed by atoms with Gasteiger partial charge in [0, 0.05) is 6.42 Å². The summed E-state index contributed by atoms with van der Waals surface area (Å²) in [7, 11) is -4.34. The van der Waals surface area contributed by atoms with Gasteiger partial charge in [-0.2, -0.15) is 0 Å². The highest BCUT2D eigenvalue weighted by Crippen LogP contribution is 2.59. The Hall–Kier alpha value is -0.350. The predicted molar refractivity (Wildman–Crippen MR) is 82.8 cm³/mol. The van der Waals surface area contributed by atoms with Crippen molar-refractivity contribution in [3.63, 3.8) is 0 Å². The third-order valence-electron chi connectivity index (χ3n) is 4.04. The topological polar surface area (TPSA) is 104 Å². The van der Waals surface area contributed by atoms with Gasteiger partial charge in [0.2, 0.25) is 0 Å². The third-order valence-corrected chi connectivity index (χ3v) is 6.05. The Balaban J connectivity index is 5.72. The van der Waals surface area contributed by atoms with Crippen molar-refractivity contribution in [1.82, 2.24) is 0 Å². The van der Waals surface area contributed by atoms with Crippen LogP contribution in [0.5, 0.6) is 0 Å². The third kappa shape index (κ3) is 4.59. The summed E-state index contributed by atoms with van der Waals surface area (Å²) in [4.78, 5) is 19.6. The average Bonchev–Trinajstić information content (AvgIpc) is 2.39. The quantitative estimate of drug-likeness (QED) is 0.365. The lowest BCUT2D eigenvalue weighted by molar-refractivity contribution is 0.310. The Kier molecular flexibility index (Phi) is 8.68. The van der Waals surface area contributed by atoms with E-state index in [4.69, 9.17) is 5.73 Å². The van der Waals surface area contributed by atoms with E-state index in [1.54, 1.807) is 13.8 Å². The molecule has 0 fully saturated rings. The van der Waals surface area contributed by atoms with Gasteiger partial charge in [-0.3, -0.25) is 4.57 Å². The van der Waals surface area contributed by atoms with Crippen molar-refractivity contribution in [2.75, 3.05) is 6.54 Å². The van der Waals surface area contributed by atoms with Crippen LogP contribution in [0.15, 0.2) is 11.3 Å². The molecule has 0 aliphatic heterocycles. The van der Waals surface area contributed by atoms with Crippen LogP contribution in [0.1, 0.15) is 65.7 Å². The van der Waals surface area contributed by atoms with Crippen molar-refractivity contribution < 1.29 is 19.5 Å². The van der Waals surface area contributed by atoms with Gasteiger partial charge in [0.15, 0.2) is 0 Å². The first-order valence-electron chi connectivity index (χ1n) is 7.47. The molecule has 0 saturated carbocycles. The number of hydrogen-bond donors (Lipinski definition) is 4. The van der Waals surface area contributed by atoms with Crippen LogP contribution in [0.2, 0.25) is 0 Å². The average molecular weight is 307 g/mol. The van der Waals surface area contributed by atoms with Crippen molar-refractivity contribution in [2.45, 2.75) is 70.9 Å². The number of aliphatic hydroxyl groups excluding tert-OH is 1. The second kappa shape index (κ2) is 8.83. The van der Waals surface area contributed by atoms with Gasteiger partial charge in [-0.15, -0.1) is 0 Å². The fourth-order valence-electron chi connectivity index (χ4n) is 2.68. The predicted octanol–water partition coefficient (Wildman–Crippen LogP) is 3.46. The summed E-state index contributed by atoms with van der Waals surface area (Å²) in [6.07, 6.45) is 3.89. The summed E-state index contributed by atoms with van der Waals surface area (Å²) in [6, 6.07) is 0. The Morgan fingerprint density at radius 3 is 2.00 bits per heavy atom. The first-order valence-corrected chi connectivity index (χ1v) is 9.09. The molecule has 20 heavy (non-hydrogen) atoms. The van der Waals surface area contributed by atoms with Gasteiger partial charge >= 0.3 is 7.60 Å². The number of unbranched alkanes of at least 4 members (excludes halogenated alkanes) is 1. The molecule has 0 aliphatic rings. The van der Waals surface area contributed by atoms with Crippen LogP contribution in [0.4, 0.5) is 0 Å². The zero-order valence-corrected chi connectivity index (χ0v) is 13.8. The standard InChI is InChI=1S/C14H30NO4P/c1-4-7-9-12(13(16)10-8-11-15)14(5-2,6-3)20(17,18)19/h16H,4-11,15H2,1-3H3,(H2,17,18,19). The van der Waals surface area contributed by atoms with E-state index in [1.807, 2.05) is 6.92 Å². The highest BCUT2D eigenvalue weighted by Gasteiger charge is 2.47. The molecule has 5 nitrogen and oxygen atoms in total. The van der Waals surface area contributed by atoms with Crippen molar-refractivity contribution in [3.05, 3.63) is 11.3 Å². The maximum atomic E-state index is 12.0. The number of aliphatic hydroxyl groups is 1. The van der Waals surface area contributed by atoms with Crippen LogP contribution in [-0.2, 0) is 4.57 Å². The highest BCUT2D eigenvalue weighted by atomic mass is 31.2. The molecule has 0 bridgehead atoms. The molecular formula is C14H30NO4P. The van der Waals surface area contributed by atoms with Crippen molar-refractivity contribution in [2.24, 2.45) is 5.73 Å². The van der Waals surface area contributed by atoms with Crippen LogP contribution >= 0.6 is 7.60 Å². The molecule has 0 heterocycles. The molecule has 0 aliphatic carbocycles. The first-order chi connectivity index (χ1) is 9.30. The van der Waals surface area contributed by atoms with Crippen LogP contribution in [0.3, 0.4) is 0 Å². The number of hydrogen-bond acceptors (Lipinski definition) is 3. The van der Waals surface area contributed by atoms with E-state index >= 15 is 0 Å². The Morgan fingerprint density at radius 2 is 1.65 bits per heavy atom. The zero-order chi connectivity index (χ0) is 15.8. The molecule has 0 rings (SSSR count). The molecule has 0 aromatic heterocycles. The van der Waals surface area contributed by atoms with Gasteiger partial charge in [-0.1, -0.05) is 27.2 Å². The minimum Gasteiger partial charge on any atom is -0.512 e. The first kappa shape index (κ1) is 19.7. The van der Waals surface area contributed by atoms with E-state index in [9.17, 15) is 19.5 Å². The maximum Gasteiger partial charge on any atom is 0.335 e. The number of rotatable bonds is 10. The second-order valence-electron chi connectivity index (χ2n) is 5.20. The van der Waals surface area contributed by atoms with Gasteiger partial charge < -0.3 is 20.6 Å². The molecule has 0 spiro atoms. The Labute approximate surface area is 122 Å². The van der Waals surface area contributed by atoms with Crippen LogP contribution in [-0.4, -0.2) is 26.6 Å². The molecule has 6 heteroatoms. The van der Waals surface area contributed by atoms with E-state index in [0.29, 0.717) is 44.2 Å². The summed E-state index contributed by atoms with van der Waals surface area (Å²) < 4.78 is 12.0. The second-order valence-corrected chi connectivity index (χ2v) is 7.15. The smallest absolute Gasteiger partial charge is 0.335 e. The monoisotopic (exact) mass is 307 g/mol. The fraction of sp³-hybridized carbons (Fsp3) is 0.857. The van der Waals surface area contributed by atoms with E-state index in [-0.39, 0.29) is 5.76 Å². The molecule has 0 aromatic rings. The fourth-order valence-corrected chi connectivity index (χ4v) is 4.10. The normalized spacial score (nSPS) is 14.3. The summed E-state index contributed by atoms with van der Waals surface area (Å²) in [5.41, 5.74) is 5.98. The highest BCUT2D eigenvalue weighted by molar-refractivity contribution is 7.53. The Bertz CT molecular complexity index is 358. The maximum absolute atomic E-state index is 12.0. The summed E-state index contributed by atoms with van der Waals surface area (Å²) in [5.74, 6) is 0.121.